The molecular weight excluding hydrogens is 299 g/mol. The molecule has 0 aliphatic carbocycles. The minimum atomic E-state index is -0.815. The Morgan fingerprint density at radius 1 is 0.950 bits per heavy atom. The van der Waals surface area contributed by atoms with Crippen LogP contribution in [0, 0.1) is 0 Å². The first-order valence-electron chi connectivity index (χ1n) is 5.91. The summed E-state index contributed by atoms with van der Waals surface area (Å²) in [6, 6.07) is 10.3. The molecule has 0 aromatic heterocycles. The molecule has 1 N–H and O–H groups in total. The Balaban J connectivity index is 2.42. The highest BCUT2D eigenvalue weighted by atomic mass is 35.5. The molecule has 0 aliphatic rings. The molecule has 0 saturated carbocycles. The lowest BCUT2D eigenvalue weighted by Gasteiger charge is -2.16. The molecular formula is C15H14Cl2O3. The highest BCUT2D eigenvalue weighted by Crippen LogP contribution is 2.38. The molecule has 2 aromatic carbocycles. The minimum absolute atomic E-state index is 0.384. The summed E-state index contributed by atoms with van der Waals surface area (Å²) in [5.74, 6) is 0.921. The molecule has 2 aromatic rings. The van der Waals surface area contributed by atoms with Gasteiger partial charge in [0.25, 0.3) is 0 Å². The van der Waals surface area contributed by atoms with E-state index in [1.54, 1.807) is 36.4 Å². The van der Waals surface area contributed by atoms with E-state index in [0.717, 1.165) is 5.56 Å². The molecule has 5 heteroatoms. The predicted molar refractivity (Wildman–Crippen MR) is 80.1 cm³/mol. The van der Waals surface area contributed by atoms with Crippen molar-refractivity contribution in [2.75, 3.05) is 14.2 Å². The Labute approximate surface area is 127 Å². The van der Waals surface area contributed by atoms with Gasteiger partial charge in [0.15, 0.2) is 11.5 Å². The maximum Gasteiger partial charge on any atom is 0.179 e. The zero-order chi connectivity index (χ0) is 14.7. The molecule has 0 radical (unpaired) electrons. The van der Waals surface area contributed by atoms with Gasteiger partial charge in [0.2, 0.25) is 0 Å². The highest BCUT2D eigenvalue weighted by molar-refractivity contribution is 6.32. The molecule has 0 aliphatic heterocycles. The van der Waals surface area contributed by atoms with Gasteiger partial charge in [-0.1, -0.05) is 35.3 Å². The molecule has 2 rings (SSSR count). The van der Waals surface area contributed by atoms with Gasteiger partial charge in [-0.05, 0) is 35.4 Å². The monoisotopic (exact) mass is 312 g/mol. The van der Waals surface area contributed by atoms with Crippen LogP contribution in [0.25, 0.3) is 0 Å². The second kappa shape index (κ2) is 6.35. The van der Waals surface area contributed by atoms with E-state index in [9.17, 15) is 5.11 Å². The summed E-state index contributed by atoms with van der Waals surface area (Å²) in [5.41, 5.74) is 1.34. The van der Waals surface area contributed by atoms with E-state index >= 15 is 0 Å². The van der Waals surface area contributed by atoms with Crippen LogP contribution in [0.2, 0.25) is 10.0 Å². The van der Waals surface area contributed by atoms with E-state index in [-0.39, 0.29) is 0 Å². The van der Waals surface area contributed by atoms with Gasteiger partial charge in [0, 0.05) is 5.02 Å². The summed E-state index contributed by atoms with van der Waals surface area (Å²) in [6.07, 6.45) is -0.815. The Morgan fingerprint density at radius 2 is 1.60 bits per heavy atom. The number of ether oxygens (including phenoxy) is 2. The van der Waals surface area contributed by atoms with Gasteiger partial charge in [-0.3, -0.25) is 0 Å². The highest BCUT2D eigenvalue weighted by Gasteiger charge is 2.17. The molecule has 0 fully saturated rings. The molecule has 0 saturated heterocycles. The zero-order valence-corrected chi connectivity index (χ0v) is 12.6. The van der Waals surface area contributed by atoms with Crippen molar-refractivity contribution < 1.29 is 14.6 Å². The summed E-state index contributed by atoms with van der Waals surface area (Å²) >= 11 is 12.0. The fourth-order valence-electron chi connectivity index (χ4n) is 1.93. The van der Waals surface area contributed by atoms with E-state index in [1.165, 1.54) is 14.2 Å². The van der Waals surface area contributed by atoms with Gasteiger partial charge in [-0.2, -0.15) is 0 Å². The maximum absolute atomic E-state index is 10.4. The van der Waals surface area contributed by atoms with E-state index in [4.69, 9.17) is 32.7 Å². The molecule has 0 heterocycles. The molecule has 1 unspecified atom stereocenters. The van der Waals surface area contributed by atoms with E-state index in [0.29, 0.717) is 27.1 Å². The molecule has 0 amide bonds. The van der Waals surface area contributed by atoms with Crippen molar-refractivity contribution in [2.45, 2.75) is 6.10 Å². The standard InChI is InChI=1S/C15H14Cl2O3/c1-19-13-8-10(7-12(17)15(13)20-2)14(18)9-3-5-11(16)6-4-9/h3-8,14,18H,1-2H3. The lowest BCUT2D eigenvalue weighted by Crippen LogP contribution is -2.01. The summed E-state index contributed by atoms with van der Waals surface area (Å²) in [6.45, 7) is 0. The van der Waals surface area contributed by atoms with Crippen LogP contribution in [-0.2, 0) is 0 Å². The van der Waals surface area contributed by atoms with Crippen molar-refractivity contribution in [3.8, 4) is 11.5 Å². The van der Waals surface area contributed by atoms with Crippen LogP contribution >= 0.6 is 23.2 Å². The smallest absolute Gasteiger partial charge is 0.179 e. The summed E-state index contributed by atoms with van der Waals surface area (Å²) in [7, 11) is 3.03. The molecule has 1 atom stereocenters. The molecule has 0 spiro atoms. The van der Waals surface area contributed by atoms with E-state index < -0.39 is 6.10 Å². The van der Waals surface area contributed by atoms with Gasteiger partial charge < -0.3 is 14.6 Å². The van der Waals surface area contributed by atoms with Crippen LogP contribution in [0.4, 0.5) is 0 Å². The molecule has 106 valence electrons. The summed E-state index contributed by atoms with van der Waals surface area (Å²) < 4.78 is 10.4. The van der Waals surface area contributed by atoms with Crippen molar-refractivity contribution in [2.24, 2.45) is 0 Å². The second-order valence-electron chi connectivity index (χ2n) is 4.19. The number of hydrogen-bond acceptors (Lipinski definition) is 3. The van der Waals surface area contributed by atoms with Crippen LogP contribution in [0.3, 0.4) is 0 Å². The molecule has 20 heavy (non-hydrogen) atoms. The topological polar surface area (TPSA) is 38.7 Å². The van der Waals surface area contributed by atoms with Crippen LogP contribution in [0.5, 0.6) is 11.5 Å². The van der Waals surface area contributed by atoms with Crippen LogP contribution < -0.4 is 9.47 Å². The van der Waals surface area contributed by atoms with Crippen molar-refractivity contribution in [3.05, 3.63) is 57.6 Å². The third kappa shape index (κ3) is 3.01. The van der Waals surface area contributed by atoms with Gasteiger partial charge in [0.1, 0.15) is 6.10 Å². The van der Waals surface area contributed by atoms with Gasteiger partial charge >= 0.3 is 0 Å². The number of benzene rings is 2. The van der Waals surface area contributed by atoms with Crippen molar-refractivity contribution in [1.29, 1.82) is 0 Å². The third-order valence-electron chi connectivity index (χ3n) is 2.96. The lowest BCUT2D eigenvalue weighted by molar-refractivity contribution is 0.219. The number of halogens is 2. The van der Waals surface area contributed by atoms with E-state index in [1.807, 2.05) is 0 Å². The first-order valence-corrected chi connectivity index (χ1v) is 6.67. The quantitative estimate of drug-likeness (QED) is 0.924. The van der Waals surface area contributed by atoms with Crippen LogP contribution in [0.15, 0.2) is 36.4 Å². The number of aliphatic hydroxyl groups excluding tert-OH is 1. The van der Waals surface area contributed by atoms with Crippen molar-refractivity contribution >= 4 is 23.2 Å². The number of methoxy groups -OCH3 is 2. The number of hydrogen-bond donors (Lipinski definition) is 1. The fourth-order valence-corrected chi connectivity index (χ4v) is 2.36. The average Bonchev–Trinajstić information content (AvgIpc) is 2.46. The average molecular weight is 313 g/mol. The number of aliphatic hydroxyl groups is 1. The van der Waals surface area contributed by atoms with Crippen LogP contribution in [-0.4, -0.2) is 19.3 Å². The van der Waals surface area contributed by atoms with Gasteiger partial charge in [-0.25, -0.2) is 0 Å². The van der Waals surface area contributed by atoms with Crippen molar-refractivity contribution in [1.82, 2.24) is 0 Å². The zero-order valence-electron chi connectivity index (χ0n) is 11.1. The summed E-state index contributed by atoms with van der Waals surface area (Å²) in [5, 5.41) is 11.4. The Hall–Kier alpha value is -1.42. The number of rotatable bonds is 4. The first-order chi connectivity index (χ1) is 9.56. The third-order valence-corrected chi connectivity index (χ3v) is 3.49. The fraction of sp³-hybridized carbons (Fsp3) is 0.200. The van der Waals surface area contributed by atoms with Gasteiger partial charge in [0.05, 0.1) is 19.2 Å². The van der Waals surface area contributed by atoms with E-state index in [2.05, 4.69) is 0 Å². The molecule has 3 nitrogen and oxygen atoms in total. The maximum atomic E-state index is 10.4. The Kier molecular flexibility index (Phi) is 4.76. The Morgan fingerprint density at radius 3 is 2.15 bits per heavy atom. The van der Waals surface area contributed by atoms with Crippen molar-refractivity contribution in [3.63, 3.8) is 0 Å². The predicted octanol–water partition coefficient (Wildman–Crippen LogP) is 4.09. The first kappa shape index (κ1) is 15.0. The lowest BCUT2D eigenvalue weighted by atomic mass is 10.0. The molecule has 0 bridgehead atoms. The largest absolute Gasteiger partial charge is 0.493 e. The van der Waals surface area contributed by atoms with Crippen LogP contribution in [0.1, 0.15) is 17.2 Å². The Bertz CT molecular complexity index is 597. The normalized spacial score (nSPS) is 12.1. The SMILES string of the molecule is COc1cc(C(O)c2ccc(Cl)cc2)cc(Cl)c1OC. The minimum Gasteiger partial charge on any atom is -0.493 e. The van der Waals surface area contributed by atoms with Gasteiger partial charge in [-0.15, -0.1) is 0 Å². The summed E-state index contributed by atoms with van der Waals surface area (Å²) in [4.78, 5) is 0. The second-order valence-corrected chi connectivity index (χ2v) is 5.04.